The number of hydrogen-bond acceptors (Lipinski definition) is 3. The van der Waals surface area contributed by atoms with Gasteiger partial charge in [0.15, 0.2) is 0 Å². The van der Waals surface area contributed by atoms with E-state index in [4.69, 9.17) is 23.8 Å². The van der Waals surface area contributed by atoms with Gasteiger partial charge in [0.1, 0.15) is 0 Å². The van der Waals surface area contributed by atoms with E-state index >= 15 is 0 Å². The number of pyridine rings is 1. The lowest BCUT2D eigenvalue weighted by Gasteiger charge is -2.13. The van der Waals surface area contributed by atoms with Crippen LogP contribution in [0.5, 0.6) is 0 Å². The smallest absolute Gasteiger partial charge is 0.0600 e. The second-order valence-electron chi connectivity index (χ2n) is 5.65. The quantitative estimate of drug-likeness (QED) is 0.470. The van der Waals surface area contributed by atoms with E-state index in [0.29, 0.717) is 5.02 Å². The molecule has 0 saturated heterocycles. The maximum absolute atomic E-state index is 6.49. The predicted molar refractivity (Wildman–Crippen MR) is 106 cm³/mol. The molecule has 1 heterocycles. The van der Waals surface area contributed by atoms with Crippen LogP contribution in [0.15, 0.2) is 60.9 Å². The van der Waals surface area contributed by atoms with Crippen molar-refractivity contribution in [1.82, 2.24) is 4.98 Å². The molecule has 0 amide bonds. The highest BCUT2D eigenvalue weighted by Crippen LogP contribution is 2.27. The molecular formula is C20H17ClN2S. The van der Waals surface area contributed by atoms with Crippen LogP contribution < -0.4 is 5.32 Å². The number of thiocarbonyl (C=S) groups is 1. The molecule has 2 nitrogen and oxygen atoms in total. The molecule has 0 radical (unpaired) electrons. The highest BCUT2D eigenvalue weighted by Gasteiger charge is 2.11. The summed E-state index contributed by atoms with van der Waals surface area (Å²) in [5, 5.41) is 3.97. The van der Waals surface area contributed by atoms with Crippen LogP contribution >= 0.6 is 23.8 Å². The van der Waals surface area contributed by atoms with Crippen molar-refractivity contribution in [2.24, 2.45) is 0 Å². The van der Waals surface area contributed by atoms with Gasteiger partial charge in [-0.2, -0.15) is 0 Å². The van der Waals surface area contributed by atoms with Crippen LogP contribution in [0.25, 0.3) is 0 Å². The molecule has 0 fully saturated rings. The summed E-state index contributed by atoms with van der Waals surface area (Å²) in [5.41, 5.74) is 6.05. The van der Waals surface area contributed by atoms with E-state index < -0.39 is 0 Å². The fraction of sp³-hybridized carbons (Fsp3) is 0.100. The molecule has 0 unspecified atom stereocenters. The number of nitrogens with zero attached hydrogens (tertiary/aromatic N) is 1. The first-order valence-electron chi connectivity index (χ1n) is 7.64. The maximum Gasteiger partial charge on any atom is 0.0600 e. The Morgan fingerprint density at radius 1 is 1.00 bits per heavy atom. The van der Waals surface area contributed by atoms with Gasteiger partial charge in [-0.1, -0.05) is 48.1 Å². The van der Waals surface area contributed by atoms with Gasteiger partial charge in [-0.3, -0.25) is 4.98 Å². The zero-order chi connectivity index (χ0) is 17.1. The number of benzene rings is 2. The molecular weight excluding hydrogens is 336 g/mol. The summed E-state index contributed by atoms with van der Waals surface area (Å²) >= 11 is 12.1. The predicted octanol–water partition coefficient (Wildman–Crippen LogP) is 5.86. The van der Waals surface area contributed by atoms with Crippen molar-refractivity contribution in [2.45, 2.75) is 13.8 Å². The minimum Gasteiger partial charge on any atom is -0.354 e. The van der Waals surface area contributed by atoms with Crippen molar-refractivity contribution < 1.29 is 0 Å². The summed E-state index contributed by atoms with van der Waals surface area (Å²) in [4.78, 5) is 4.91. The number of aromatic nitrogens is 1. The van der Waals surface area contributed by atoms with Gasteiger partial charge < -0.3 is 5.32 Å². The lowest BCUT2D eigenvalue weighted by molar-refractivity contribution is 1.28. The van der Waals surface area contributed by atoms with E-state index in [0.717, 1.165) is 38.5 Å². The fourth-order valence-electron chi connectivity index (χ4n) is 2.50. The monoisotopic (exact) mass is 352 g/mol. The number of hydrogen-bond donors (Lipinski definition) is 1. The number of rotatable bonds is 4. The molecule has 2 aromatic carbocycles. The van der Waals surface area contributed by atoms with Gasteiger partial charge in [0.25, 0.3) is 0 Å². The highest BCUT2D eigenvalue weighted by molar-refractivity contribution is 7.81. The van der Waals surface area contributed by atoms with Crippen molar-refractivity contribution in [1.29, 1.82) is 0 Å². The third-order valence-corrected chi connectivity index (χ3v) is 4.67. The second-order valence-corrected chi connectivity index (χ2v) is 6.47. The van der Waals surface area contributed by atoms with Crippen molar-refractivity contribution >= 4 is 40.1 Å². The summed E-state index contributed by atoms with van der Waals surface area (Å²) in [6, 6.07) is 15.9. The summed E-state index contributed by atoms with van der Waals surface area (Å²) in [6.07, 6.45) is 3.58. The summed E-state index contributed by atoms with van der Waals surface area (Å²) < 4.78 is 0. The molecule has 1 N–H and O–H groups in total. The summed E-state index contributed by atoms with van der Waals surface area (Å²) in [5.74, 6) is 0. The molecule has 24 heavy (non-hydrogen) atoms. The summed E-state index contributed by atoms with van der Waals surface area (Å²) in [7, 11) is 0. The Hall–Kier alpha value is -2.23. The normalized spacial score (nSPS) is 10.5. The Kier molecular flexibility index (Phi) is 4.93. The van der Waals surface area contributed by atoms with Crippen molar-refractivity contribution in [3.8, 4) is 0 Å². The van der Waals surface area contributed by atoms with Gasteiger partial charge >= 0.3 is 0 Å². The molecule has 4 heteroatoms. The van der Waals surface area contributed by atoms with E-state index in [-0.39, 0.29) is 0 Å². The third kappa shape index (κ3) is 3.48. The molecule has 1 aromatic heterocycles. The molecule has 3 rings (SSSR count). The third-order valence-electron chi connectivity index (χ3n) is 3.92. The van der Waals surface area contributed by atoms with Crippen molar-refractivity contribution in [2.75, 3.05) is 5.32 Å². The average molecular weight is 353 g/mol. The Bertz CT molecular complexity index is 906. The Labute approximate surface area is 152 Å². The van der Waals surface area contributed by atoms with E-state index in [1.807, 2.05) is 49.4 Å². The SMILES string of the molecule is Cc1ccncc1Nc1ccc(C(=S)c2ccccc2C)c(Cl)c1. The second kappa shape index (κ2) is 7.12. The van der Waals surface area contributed by atoms with E-state index in [2.05, 4.69) is 23.3 Å². The number of aryl methyl sites for hydroxylation is 2. The zero-order valence-corrected chi connectivity index (χ0v) is 15.1. The first-order valence-corrected chi connectivity index (χ1v) is 8.42. The maximum atomic E-state index is 6.49. The topological polar surface area (TPSA) is 24.9 Å². The zero-order valence-electron chi connectivity index (χ0n) is 13.5. The van der Waals surface area contributed by atoms with Gasteiger partial charge in [-0.05, 0) is 54.8 Å². The number of anilines is 2. The van der Waals surface area contributed by atoms with Crippen LogP contribution in [0.2, 0.25) is 5.02 Å². The van der Waals surface area contributed by atoms with Crippen LogP contribution in [0.4, 0.5) is 11.4 Å². The van der Waals surface area contributed by atoms with Crippen molar-refractivity contribution in [3.63, 3.8) is 0 Å². The van der Waals surface area contributed by atoms with Gasteiger partial charge in [0.05, 0.1) is 21.8 Å². The molecule has 0 saturated carbocycles. The molecule has 0 aliphatic carbocycles. The Morgan fingerprint density at radius 3 is 2.50 bits per heavy atom. The van der Waals surface area contributed by atoms with Crippen LogP contribution in [0.1, 0.15) is 22.3 Å². The highest BCUT2D eigenvalue weighted by atomic mass is 35.5. The molecule has 0 bridgehead atoms. The minimum atomic E-state index is 0.634. The van der Waals surface area contributed by atoms with Crippen LogP contribution in [-0.4, -0.2) is 9.85 Å². The first-order chi connectivity index (χ1) is 11.6. The number of nitrogens with one attached hydrogen (secondary N) is 1. The Morgan fingerprint density at radius 2 is 1.79 bits per heavy atom. The van der Waals surface area contributed by atoms with Crippen LogP contribution in [-0.2, 0) is 0 Å². The lowest BCUT2D eigenvalue weighted by atomic mass is 10.00. The lowest BCUT2D eigenvalue weighted by Crippen LogP contribution is -2.03. The summed E-state index contributed by atoms with van der Waals surface area (Å²) in [6.45, 7) is 4.09. The first kappa shape index (κ1) is 16.6. The molecule has 120 valence electrons. The molecule has 0 aliphatic heterocycles. The molecule has 0 aliphatic rings. The molecule has 0 atom stereocenters. The van der Waals surface area contributed by atoms with E-state index in [1.54, 1.807) is 12.4 Å². The molecule has 0 spiro atoms. The largest absolute Gasteiger partial charge is 0.354 e. The van der Waals surface area contributed by atoms with Crippen LogP contribution in [0, 0.1) is 13.8 Å². The van der Waals surface area contributed by atoms with E-state index in [1.165, 1.54) is 0 Å². The van der Waals surface area contributed by atoms with Gasteiger partial charge in [0, 0.05) is 17.4 Å². The molecule has 3 aromatic rings. The standard InChI is InChI=1S/C20H17ClN2S/c1-13-5-3-4-6-16(13)20(24)17-8-7-15(11-18(17)21)23-19-12-22-10-9-14(19)2/h3-12,23H,1-2H3. The fourth-order valence-corrected chi connectivity index (χ4v) is 3.24. The minimum absolute atomic E-state index is 0.634. The van der Waals surface area contributed by atoms with Crippen LogP contribution in [0.3, 0.4) is 0 Å². The van der Waals surface area contributed by atoms with Gasteiger partial charge in [-0.25, -0.2) is 0 Å². The number of halogens is 1. The Balaban J connectivity index is 1.89. The average Bonchev–Trinajstić information content (AvgIpc) is 2.57. The van der Waals surface area contributed by atoms with Gasteiger partial charge in [0.2, 0.25) is 0 Å². The van der Waals surface area contributed by atoms with Gasteiger partial charge in [-0.15, -0.1) is 0 Å². The van der Waals surface area contributed by atoms with E-state index in [9.17, 15) is 0 Å². The van der Waals surface area contributed by atoms with Crippen molar-refractivity contribution in [3.05, 3.63) is 88.2 Å².